The van der Waals surface area contributed by atoms with E-state index in [-0.39, 0.29) is 12.3 Å². The van der Waals surface area contributed by atoms with Gasteiger partial charge in [-0.3, -0.25) is 4.79 Å². The number of carbonyl (C=O) groups excluding carboxylic acids is 1. The van der Waals surface area contributed by atoms with Crippen LogP contribution in [0, 0.1) is 5.82 Å². The Morgan fingerprint density at radius 3 is 2.27 bits per heavy atom. The molecule has 1 aromatic heterocycles. The second kappa shape index (κ2) is 11.8. The molecule has 0 saturated carbocycles. The monoisotopic (exact) mass is 577 g/mol. The number of anilines is 1. The van der Waals surface area contributed by atoms with Crippen molar-refractivity contribution in [1.82, 2.24) is 9.55 Å². The van der Waals surface area contributed by atoms with E-state index >= 15 is 0 Å². The first-order valence-corrected chi connectivity index (χ1v) is 14.1. The van der Waals surface area contributed by atoms with Crippen LogP contribution in [0.1, 0.15) is 36.6 Å². The maximum atomic E-state index is 13.6. The number of rotatable bonds is 8. The lowest BCUT2D eigenvalue weighted by Gasteiger charge is -2.19. The zero-order chi connectivity index (χ0) is 29.1. The van der Waals surface area contributed by atoms with Crippen LogP contribution >= 0.6 is 11.8 Å². The third-order valence-corrected chi connectivity index (χ3v) is 7.68. The summed E-state index contributed by atoms with van der Waals surface area (Å²) in [4.78, 5) is 18.5. The van der Waals surface area contributed by atoms with Gasteiger partial charge in [0.15, 0.2) is 0 Å². The maximum absolute atomic E-state index is 13.6. The smallest absolute Gasteiger partial charge is 0.326 e. The second-order valence-electron chi connectivity index (χ2n) is 9.61. The molecule has 0 bridgehead atoms. The number of carbonyl (C=O) groups is 1. The van der Waals surface area contributed by atoms with Crippen molar-refractivity contribution >= 4 is 34.4 Å². The Balaban J connectivity index is 1.44. The Kier molecular flexibility index (Phi) is 8.17. The van der Waals surface area contributed by atoms with Crippen LogP contribution < -0.4 is 5.32 Å². The van der Waals surface area contributed by atoms with Crippen LogP contribution in [0.25, 0.3) is 22.4 Å². The number of nitrogens with zero attached hydrogens (tertiary/aromatic N) is 2. The molecule has 0 saturated heterocycles. The molecule has 4 nitrogen and oxygen atoms in total. The van der Waals surface area contributed by atoms with Crippen LogP contribution in [0.2, 0.25) is 0 Å². The highest BCUT2D eigenvalue weighted by Gasteiger charge is 2.31. The number of nitrogens with one attached hydrogen (secondary N) is 1. The fraction of sp³-hybridized carbons (Fsp3) is 0.188. The summed E-state index contributed by atoms with van der Waals surface area (Å²) in [6, 6.07) is 23.8. The highest BCUT2D eigenvalue weighted by atomic mass is 32.2. The van der Waals surface area contributed by atoms with E-state index in [1.165, 1.54) is 18.2 Å². The molecule has 41 heavy (non-hydrogen) atoms. The Morgan fingerprint density at radius 2 is 1.63 bits per heavy atom. The van der Waals surface area contributed by atoms with E-state index in [0.717, 1.165) is 33.9 Å². The van der Waals surface area contributed by atoms with Gasteiger partial charge in [0.1, 0.15) is 11.6 Å². The van der Waals surface area contributed by atoms with Crippen LogP contribution in [0.5, 0.6) is 0 Å². The summed E-state index contributed by atoms with van der Waals surface area (Å²) in [5, 5.41) is 2.90. The van der Waals surface area contributed by atoms with E-state index < -0.39 is 23.6 Å². The van der Waals surface area contributed by atoms with Crippen molar-refractivity contribution in [3.05, 3.63) is 114 Å². The lowest BCUT2D eigenvalue weighted by Crippen LogP contribution is -2.14. The summed E-state index contributed by atoms with van der Waals surface area (Å²) in [5.41, 5.74) is 2.81. The number of aromatic nitrogens is 2. The van der Waals surface area contributed by atoms with Crippen LogP contribution in [-0.2, 0) is 17.4 Å². The number of hydrogen-bond donors (Lipinski definition) is 1. The molecule has 0 radical (unpaired) electrons. The van der Waals surface area contributed by atoms with Gasteiger partial charge in [-0.15, -0.1) is 11.8 Å². The van der Waals surface area contributed by atoms with Gasteiger partial charge in [0.25, 0.3) is 0 Å². The first kappa shape index (κ1) is 28.4. The molecule has 1 N–H and O–H groups in total. The second-order valence-corrected chi connectivity index (χ2v) is 11.0. The third-order valence-electron chi connectivity index (χ3n) is 6.78. The molecule has 5 rings (SSSR count). The summed E-state index contributed by atoms with van der Waals surface area (Å²) >= 11 is 1.74. The first-order chi connectivity index (χ1) is 19.6. The molecule has 0 spiro atoms. The van der Waals surface area contributed by atoms with Gasteiger partial charge in [0.2, 0.25) is 5.91 Å². The number of amides is 1. The van der Waals surface area contributed by atoms with Crippen molar-refractivity contribution in [2.45, 2.75) is 37.4 Å². The third kappa shape index (κ3) is 6.46. The average molecular weight is 578 g/mol. The Bertz CT molecular complexity index is 1660. The average Bonchev–Trinajstić information content (AvgIpc) is 3.33. The summed E-state index contributed by atoms with van der Waals surface area (Å²) in [7, 11) is 0. The lowest BCUT2D eigenvalue weighted by molar-refractivity contribution is -0.137. The highest BCUT2D eigenvalue weighted by Crippen LogP contribution is 2.36. The Labute approximate surface area is 239 Å². The molecule has 210 valence electrons. The predicted octanol–water partition coefficient (Wildman–Crippen LogP) is 8.76. The van der Waals surface area contributed by atoms with E-state index in [2.05, 4.69) is 17.2 Å². The maximum Gasteiger partial charge on any atom is 0.416 e. The molecule has 5 aromatic rings. The minimum absolute atomic E-state index is 0.162. The van der Waals surface area contributed by atoms with Crippen LogP contribution in [-0.4, -0.2) is 21.2 Å². The largest absolute Gasteiger partial charge is 0.416 e. The number of halogens is 4. The van der Waals surface area contributed by atoms with Crippen molar-refractivity contribution < 1.29 is 22.4 Å². The summed E-state index contributed by atoms with van der Waals surface area (Å²) in [5.74, 6) is 0.872. The van der Waals surface area contributed by atoms with Gasteiger partial charge in [-0.2, -0.15) is 13.2 Å². The molecule has 1 amide bonds. The summed E-state index contributed by atoms with van der Waals surface area (Å²) in [6.45, 7) is 3.92. The molecule has 1 unspecified atom stereocenters. The topological polar surface area (TPSA) is 46.9 Å². The van der Waals surface area contributed by atoms with Gasteiger partial charge in [-0.05, 0) is 90.5 Å². The van der Waals surface area contributed by atoms with Crippen molar-refractivity contribution in [3.8, 4) is 11.4 Å². The van der Waals surface area contributed by atoms with Gasteiger partial charge in [-0.25, -0.2) is 9.37 Å². The molecular formula is C32H27F4N3OS. The van der Waals surface area contributed by atoms with Gasteiger partial charge in [0, 0.05) is 16.1 Å². The van der Waals surface area contributed by atoms with E-state index in [4.69, 9.17) is 0 Å². The Morgan fingerprint density at radius 1 is 0.951 bits per heavy atom. The number of alkyl halides is 3. The normalized spacial score (nSPS) is 12.4. The number of hydrogen-bond acceptors (Lipinski definition) is 3. The standard InChI is InChI=1S/C32H27F4N3OS/c1-3-41-27-15-4-21(5-16-27)18-30(40)37-26-13-8-23(9-14-26)31-38-28-17-10-24(32(34,35)36)19-29(28)39(31)20(2)22-6-11-25(33)12-7-22/h4-17,19-20H,3,18H2,1-2H3,(H,37,40). The summed E-state index contributed by atoms with van der Waals surface area (Å²) in [6.07, 6.45) is -4.29. The van der Waals surface area contributed by atoms with Crippen molar-refractivity contribution in [3.63, 3.8) is 0 Å². The molecule has 1 atom stereocenters. The zero-order valence-electron chi connectivity index (χ0n) is 22.4. The molecule has 0 aliphatic carbocycles. The molecule has 4 aromatic carbocycles. The van der Waals surface area contributed by atoms with E-state index in [0.29, 0.717) is 28.1 Å². The van der Waals surface area contributed by atoms with Crippen molar-refractivity contribution in [2.75, 3.05) is 11.1 Å². The van der Waals surface area contributed by atoms with E-state index in [9.17, 15) is 22.4 Å². The van der Waals surface area contributed by atoms with E-state index in [1.54, 1.807) is 52.7 Å². The number of benzene rings is 4. The highest BCUT2D eigenvalue weighted by molar-refractivity contribution is 7.99. The van der Waals surface area contributed by atoms with Crippen LogP contribution in [0.15, 0.2) is 95.9 Å². The predicted molar refractivity (Wildman–Crippen MR) is 156 cm³/mol. The fourth-order valence-corrected chi connectivity index (χ4v) is 5.38. The number of imidazole rings is 1. The SMILES string of the molecule is CCSc1ccc(CC(=O)Nc2ccc(-c3nc4ccc(C(F)(F)F)cc4n3C(C)c3ccc(F)cc3)cc2)cc1. The van der Waals surface area contributed by atoms with E-state index in [1.807, 2.05) is 31.2 Å². The molecule has 0 aliphatic heterocycles. The van der Waals surface area contributed by atoms with Gasteiger partial charge < -0.3 is 9.88 Å². The van der Waals surface area contributed by atoms with Crippen LogP contribution in [0.4, 0.5) is 23.2 Å². The molecule has 0 aliphatic rings. The zero-order valence-corrected chi connectivity index (χ0v) is 23.2. The molecule has 9 heteroatoms. The van der Waals surface area contributed by atoms with Gasteiger partial charge in [-0.1, -0.05) is 31.2 Å². The molecule has 0 fully saturated rings. The van der Waals surface area contributed by atoms with Crippen LogP contribution in [0.3, 0.4) is 0 Å². The fourth-order valence-electron chi connectivity index (χ4n) is 4.72. The number of thioether (sulfide) groups is 1. The quantitative estimate of drug-likeness (QED) is 0.148. The lowest BCUT2D eigenvalue weighted by atomic mass is 10.1. The number of fused-ring (bicyclic) bond motifs is 1. The minimum atomic E-state index is -4.51. The molecular weight excluding hydrogens is 550 g/mol. The van der Waals surface area contributed by atoms with Gasteiger partial charge in [0.05, 0.1) is 29.1 Å². The summed E-state index contributed by atoms with van der Waals surface area (Å²) < 4.78 is 56.0. The first-order valence-electron chi connectivity index (χ1n) is 13.1. The minimum Gasteiger partial charge on any atom is -0.326 e. The molecule has 1 heterocycles. The van der Waals surface area contributed by atoms with Crippen molar-refractivity contribution in [2.24, 2.45) is 0 Å². The van der Waals surface area contributed by atoms with Gasteiger partial charge >= 0.3 is 6.18 Å². The van der Waals surface area contributed by atoms with Crippen molar-refractivity contribution in [1.29, 1.82) is 0 Å². The Hall–Kier alpha value is -4.11.